The van der Waals surface area contributed by atoms with Crippen LogP contribution in [0.25, 0.3) is 10.4 Å². The summed E-state index contributed by atoms with van der Waals surface area (Å²) in [5.41, 5.74) is 9.22. The SMILES string of the molecule is CC(=O)N[C@@H](Cc1ccc(OCc2ccccc2)cc1)C(=O)N[C@H](CC(C)C)C(=O)N[C@@H](CC(=O)OC(C)(C)C)C(=O)NCCOCCOCCN=[N+]=[N-]. The Morgan fingerprint density at radius 3 is 2.02 bits per heavy atom. The van der Waals surface area contributed by atoms with E-state index < -0.39 is 59.7 Å². The van der Waals surface area contributed by atoms with Gasteiger partial charge in [-0.3, -0.25) is 24.0 Å². The molecule has 296 valence electrons. The molecule has 4 N–H and O–H groups in total. The van der Waals surface area contributed by atoms with Gasteiger partial charge in [0.2, 0.25) is 23.6 Å². The molecule has 0 fully saturated rings. The summed E-state index contributed by atoms with van der Waals surface area (Å²) in [6, 6.07) is 13.4. The second kappa shape index (κ2) is 24.2. The molecule has 0 heterocycles. The highest BCUT2D eigenvalue weighted by molar-refractivity contribution is 5.95. The number of hydrogen-bond donors (Lipinski definition) is 4. The van der Waals surface area contributed by atoms with Gasteiger partial charge >= 0.3 is 5.97 Å². The van der Waals surface area contributed by atoms with Crippen molar-refractivity contribution >= 4 is 29.6 Å². The molecule has 0 aliphatic heterocycles. The van der Waals surface area contributed by atoms with Crippen molar-refractivity contribution in [2.45, 2.75) is 91.1 Å². The van der Waals surface area contributed by atoms with Crippen molar-refractivity contribution in [2.24, 2.45) is 11.0 Å². The summed E-state index contributed by atoms with van der Waals surface area (Å²) in [6.45, 7) is 11.6. The first-order valence-corrected chi connectivity index (χ1v) is 18.0. The second-order valence-electron chi connectivity index (χ2n) is 13.9. The summed E-state index contributed by atoms with van der Waals surface area (Å²) in [5.74, 6) is -2.48. The number of hydrogen-bond acceptors (Lipinski definition) is 10. The van der Waals surface area contributed by atoms with E-state index >= 15 is 0 Å². The first-order valence-electron chi connectivity index (χ1n) is 18.0. The molecule has 0 aliphatic carbocycles. The van der Waals surface area contributed by atoms with Crippen LogP contribution in [0, 0.1) is 5.92 Å². The highest BCUT2D eigenvalue weighted by atomic mass is 16.6. The standard InChI is InChI=1S/C38H55N7O9/c1-26(2)22-31(43-37(50)32(42-27(3)46)23-28-12-14-30(15-13-28)53-25-29-10-8-7-9-11-29)36(49)44-33(24-34(47)54-38(4,5)6)35(48)40-16-18-51-20-21-52-19-17-41-45-39/h7-15,26,31-33H,16-25H2,1-6H3,(H,40,48)(H,42,46)(H,43,50)(H,44,49)/t31-,32+,33+/m1/s1. The van der Waals surface area contributed by atoms with Crippen molar-refractivity contribution in [2.75, 3.05) is 39.5 Å². The molecule has 0 saturated heterocycles. The Kier molecular flexibility index (Phi) is 20.2. The summed E-state index contributed by atoms with van der Waals surface area (Å²) >= 11 is 0. The number of carbonyl (C=O) groups excluding carboxylic acids is 5. The van der Waals surface area contributed by atoms with E-state index in [1.807, 2.05) is 44.2 Å². The Hall–Kier alpha value is -5.18. The summed E-state index contributed by atoms with van der Waals surface area (Å²) in [5, 5.41) is 14.1. The van der Waals surface area contributed by atoms with Crippen LogP contribution in [0.2, 0.25) is 0 Å². The first kappa shape index (κ1) is 45.0. The van der Waals surface area contributed by atoms with Crippen molar-refractivity contribution in [3.05, 3.63) is 76.2 Å². The lowest BCUT2D eigenvalue weighted by Gasteiger charge is -2.27. The van der Waals surface area contributed by atoms with E-state index in [0.29, 0.717) is 12.4 Å². The molecule has 0 aromatic heterocycles. The van der Waals surface area contributed by atoms with E-state index in [0.717, 1.165) is 11.1 Å². The number of amides is 4. The number of rotatable bonds is 24. The molecule has 0 aliphatic rings. The zero-order chi connectivity index (χ0) is 39.9. The van der Waals surface area contributed by atoms with E-state index in [9.17, 15) is 24.0 Å². The summed E-state index contributed by atoms with van der Waals surface area (Å²) in [4.78, 5) is 68.2. The lowest BCUT2D eigenvalue weighted by atomic mass is 10.0. The van der Waals surface area contributed by atoms with Crippen molar-refractivity contribution < 1.29 is 42.9 Å². The topological polar surface area (TPSA) is 219 Å². The molecule has 0 bridgehead atoms. The molecule has 2 rings (SSSR count). The molecule has 0 spiro atoms. The van der Waals surface area contributed by atoms with Gasteiger partial charge in [0.15, 0.2) is 0 Å². The van der Waals surface area contributed by atoms with Gasteiger partial charge in [-0.15, -0.1) is 0 Å². The van der Waals surface area contributed by atoms with Gasteiger partial charge in [0.25, 0.3) is 0 Å². The molecule has 0 radical (unpaired) electrons. The average molecular weight is 754 g/mol. The Bertz CT molecular complexity index is 1530. The smallest absolute Gasteiger partial charge is 0.308 e. The quantitative estimate of drug-likeness (QED) is 0.0405. The van der Waals surface area contributed by atoms with Crippen LogP contribution in [0.3, 0.4) is 0 Å². The maximum absolute atomic E-state index is 13.7. The molecular formula is C38H55N7O9. The van der Waals surface area contributed by atoms with Crippen LogP contribution in [0.4, 0.5) is 0 Å². The predicted octanol–water partition coefficient (Wildman–Crippen LogP) is 3.52. The van der Waals surface area contributed by atoms with Crippen LogP contribution in [0.5, 0.6) is 5.75 Å². The third-order valence-electron chi connectivity index (χ3n) is 7.39. The zero-order valence-corrected chi connectivity index (χ0v) is 32.1. The van der Waals surface area contributed by atoms with Crippen LogP contribution >= 0.6 is 0 Å². The van der Waals surface area contributed by atoms with Gasteiger partial charge < -0.3 is 40.2 Å². The van der Waals surface area contributed by atoms with Gasteiger partial charge in [-0.2, -0.15) is 0 Å². The van der Waals surface area contributed by atoms with E-state index in [1.165, 1.54) is 6.92 Å². The third-order valence-corrected chi connectivity index (χ3v) is 7.39. The van der Waals surface area contributed by atoms with Gasteiger partial charge in [0, 0.05) is 31.3 Å². The third kappa shape index (κ3) is 19.6. The average Bonchev–Trinajstić information content (AvgIpc) is 3.10. The lowest BCUT2D eigenvalue weighted by molar-refractivity contribution is -0.156. The number of nitrogens with zero attached hydrogens (tertiary/aromatic N) is 3. The van der Waals surface area contributed by atoms with Crippen LogP contribution < -0.4 is 26.0 Å². The van der Waals surface area contributed by atoms with Crippen LogP contribution in [0.1, 0.15) is 65.5 Å². The summed E-state index contributed by atoms with van der Waals surface area (Å²) in [6.07, 6.45) is -0.123. The number of benzene rings is 2. The maximum Gasteiger partial charge on any atom is 0.308 e. The fraction of sp³-hybridized carbons (Fsp3) is 0.553. The number of esters is 1. The highest BCUT2D eigenvalue weighted by Crippen LogP contribution is 2.16. The minimum atomic E-state index is -1.32. The fourth-order valence-corrected chi connectivity index (χ4v) is 5.00. The molecule has 3 atom stereocenters. The van der Waals surface area contributed by atoms with Crippen LogP contribution in [-0.2, 0) is 51.2 Å². The predicted molar refractivity (Wildman–Crippen MR) is 201 cm³/mol. The molecule has 2 aromatic carbocycles. The summed E-state index contributed by atoms with van der Waals surface area (Å²) < 4.78 is 22.0. The first-order chi connectivity index (χ1) is 25.7. The van der Waals surface area contributed by atoms with Gasteiger partial charge in [0.1, 0.15) is 36.1 Å². The normalized spacial score (nSPS) is 12.7. The van der Waals surface area contributed by atoms with Gasteiger partial charge in [-0.25, -0.2) is 0 Å². The Morgan fingerprint density at radius 2 is 1.41 bits per heavy atom. The van der Waals surface area contributed by atoms with E-state index in [1.54, 1.807) is 45.0 Å². The lowest BCUT2D eigenvalue weighted by Crippen LogP contribution is -2.57. The molecule has 16 heteroatoms. The van der Waals surface area contributed by atoms with Gasteiger partial charge in [0.05, 0.1) is 32.8 Å². The molecule has 16 nitrogen and oxygen atoms in total. The number of nitrogens with one attached hydrogen (secondary N) is 4. The van der Waals surface area contributed by atoms with Crippen molar-refractivity contribution in [3.63, 3.8) is 0 Å². The van der Waals surface area contributed by atoms with Gasteiger partial charge in [-0.1, -0.05) is 61.4 Å². The van der Waals surface area contributed by atoms with E-state index in [2.05, 4.69) is 31.3 Å². The van der Waals surface area contributed by atoms with Crippen molar-refractivity contribution in [1.82, 2.24) is 21.3 Å². The number of azide groups is 1. The van der Waals surface area contributed by atoms with Crippen LogP contribution in [0.15, 0.2) is 59.7 Å². The Balaban J connectivity index is 2.09. The summed E-state index contributed by atoms with van der Waals surface area (Å²) in [7, 11) is 0. The van der Waals surface area contributed by atoms with Crippen molar-refractivity contribution in [3.8, 4) is 5.75 Å². The van der Waals surface area contributed by atoms with Crippen LogP contribution in [-0.4, -0.2) is 92.8 Å². The Labute approximate surface area is 317 Å². The molecule has 2 aromatic rings. The minimum Gasteiger partial charge on any atom is -0.489 e. The second-order valence-corrected chi connectivity index (χ2v) is 13.9. The number of carbonyl (C=O) groups is 5. The zero-order valence-electron chi connectivity index (χ0n) is 32.1. The minimum absolute atomic E-state index is 0.0537. The Morgan fingerprint density at radius 1 is 0.778 bits per heavy atom. The molecular weight excluding hydrogens is 698 g/mol. The van der Waals surface area contributed by atoms with E-state index in [-0.39, 0.29) is 58.3 Å². The number of ether oxygens (including phenoxy) is 4. The van der Waals surface area contributed by atoms with Crippen molar-refractivity contribution in [1.29, 1.82) is 0 Å². The molecule has 0 unspecified atom stereocenters. The molecule has 4 amide bonds. The maximum atomic E-state index is 13.7. The fourth-order valence-electron chi connectivity index (χ4n) is 5.00. The highest BCUT2D eigenvalue weighted by Gasteiger charge is 2.32. The van der Waals surface area contributed by atoms with E-state index in [4.69, 9.17) is 24.5 Å². The molecule has 54 heavy (non-hydrogen) atoms. The van der Waals surface area contributed by atoms with Gasteiger partial charge in [-0.05, 0) is 61.9 Å². The largest absolute Gasteiger partial charge is 0.489 e. The molecule has 0 saturated carbocycles. The monoisotopic (exact) mass is 753 g/mol.